The predicted molar refractivity (Wildman–Crippen MR) is 143 cm³/mol. The molecule has 9 nitrogen and oxygen atoms in total. The van der Waals surface area contributed by atoms with Crippen LogP contribution in [0.5, 0.6) is 0 Å². The van der Waals surface area contributed by atoms with Crippen LogP contribution >= 0.6 is 0 Å². The Hall–Kier alpha value is -2.72. The van der Waals surface area contributed by atoms with E-state index in [9.17, 15) is 14.4 Å². The monoisotopic (exact) mass is 544 g/mol. The van der Waals surface area contributed by atoms with Gasteiger partial charge in [0.25, 0.3) is 5.91 Å². The summed E-state index contributed by atoms with van der Waals surface area (Å²) < 4.78 is 15.0. The molecule has 10 heteroatoms. The molecular formula is C29H41FN4O5. The number of nitrogens with one attached hydrogen (secondary N) is 3. The molecule has 4 bridgehead atoms. The molecule has 0 radical (unpaired) electrons. The highest BCUT2D eigenvalue weighted by molar-refractivity contribution is 5.96. The minimum Gasteiger partial charge on any atom is -0.394 e. The molecule has 214 valence electrons. The first kappa shape index (κ1) is 27.8. The molecular weight excluding hydrogens is 503 g/mol. The van der Waals surface area contributed by atoms with Gasteiger partial charge < -0.3 is 31.1 Å². The minimum atomic E-state index is -0.701. The predicted octanol–water partition coefficient (Wildman–Crippen LogP) is 3.02. The number of aliphatic hydroxyl groups is 2. The molecule has 1 aliphatic heterocycles. The van der Waals surface area contributed by atoms with E-state index in [1.165, 1.54) is 31.4 Å². The summed E-state index contributed by atoms with van der Waals surface area (Å²) in [5.74, 6) is -0.963. The van der Waals surface area contributed by atoms with Crippen molar-refractivity contribution in [3.63, 3.8) is 0 Å². The van der Waals surface area contributed by atoms with Crippen molar-refractivity contribution in [1.29, 1.82) is 0 Å². The highest BCUT2D eigenvalue weighted by atomic mass is 19.1. The van der Waals surface area contributed by atoms with Crippen LogP contribution in [0.15, 0.2) is 18.2 Å². The van der Waals surface area contributed by atoms with Crippen LogP contribution in [0, 0.1) is 28.5 Å². The summed E-state index contributed by atoms with van der Waals surface area (Å²) in [6.45, 7) is 4.65. The number of likely N-dealkylation sites (tertiary alicyclic amines) is 1. The average Bonchev–Trinajstić information content (AvgIpc) is 2.85. The number of carbonyl (C=O) groups excluding carboxylic acids is 3. The molecule has 1 aromatic rings. The van der Waals surface area contributed by atoms with Gasteiger partial charge in [-0.3, -0.25) is 9.59 Å². The quantitative estimate of drug-likeness (QED) is 0.360. The number of carbonyl (C=O) groups is 3. The van der Waals surface area contributed by atoms with E-state index in [1.807, 2.05) is 0 Å². The van der Waals surface area contributed by atoms with E-state index >= 15 is 4.39 Å². The van der Waals surface area contributed by atoms with Crippen molar-refractivity contribution in [3.8, 4) is 0 Å². The molecule has 0 aromatic heterocycles. The Morgan fingerprint density at radius 2 is 1.67 bits per heavy atom. The molecule has 6 rings (SSSR count). The maximum atomic E-state index is 15.0. The summed E-state index contributed by atoms with van der Waals surface area (Å²) in [7, 11) is 0. The number of amides is 4. The van der Waals surface area contributed by atoms with Gasteiger partial charge in [-0.1, -0.05) is 13.8 Å². The zero-order valence-electron chi connectivity index (χ0n) is 22.9. The SMILES string of the molecule is C[C@]12CC3CC(NC(=O)Nc4ccc(C(=O)N5CCC(C(=O)NC(CO)CO)CC5)cc4F)(C1)C[C@@](C)(C3)C2. The van der Waals surface area contributed by atoms with E-state index in [2.05, 4.69) is 29.8 Å². The fourth-order valence-corrected chi connectivity index (χ4v) is 8.73. The van der Waals surface area contributed by atoms with Crippen LogP contribution < -0.4 is 16.0 Å². The van der Waals surface area contributed by atoms with Gasteiger partial charge in [0.2, 0.25) is 5.91 Å². The number of urea groups is 1. The first-order valence-electron chi connectivity index (χ1n) is 14.1. The molecule has 2 unspecified atom stereocenters. The van der Waals surface area contributed by atoms with Gasteiger partial charge in [-0.05, 0) is 86.3 Å². The number of rotatable bonds is 7. The maximum absolute atomic E-state index is 15.0. The fraction of sp³-hybridized carbons (Fsp3) is 0.690. The van der Waals surface area contributed by atoms with E-state index < -0.39 is 17.9 Å². The van der Waals surface area contributed by atoms with E-state index in [0.717, 1.165) is 25.3 Å². The number of piperidine rings is 1. The van der Waals surface area contributed by atoms with Gasteiger partial charge >= 0.3 is 6.03 Å². The van der Waals surface area contributed by atoms with Gasteiger partial charge in [0.15, 0.2) is 0 Å². The largest absolute Gasteiger partial charge is 0.394 e. The molecule has 4 aliphatic carbocycles. The highest BCUT2D eigenvalue weighted by Gasteiger charge is 2.60. The maximum Gasteiger partial charge on any atom is 0.319 e. The van der Waals surface area contributed by atoms with Gasteiger partial charge in [-0.15, -0.1) is 0 Å². The molecule has 5 aliphatic rings. The Balaban J connectivity index is 1.16. The minimum absolute atomic E-state index is 0.0314. The Kier molecular flexibility index (Phi) is 7.39. The summed E-state index contributed by atoms with van der Waals surface area (Å²) in [5.41, 5.74) is 0.454. The van der Waals surface area contributed by atoms with Crippen molar-refractivity contribution < 1.29 is 29.0 Å². The van der Waals surface area contributed by atoms with Crippen LogP contribution in [0.3, 0.4) is 0 Å². The smallest absolute Gasteiger partial charge is 0.319 e. The number of halogens is 1. The second-order valence-corrected chi connectivity index (χ2v) is 13.3. The third-order valence-corrected chi connectivity index (χ3v) is 9.41. The Morgan fingerprint density at radius 3 is 2.23 bits per heavy atom. The van der Waals surface area contributed by atoms with Crippen LogP contribution in [-0.4, -0.2) is 70.8 Å². The molecule has 4 atom stereocenters. The molecule has 0 spiro atoms. The second kappa shape index (κ2) is 10.4. The van der Waals surface area contributed by atoms with Crippen molar-refractivity contribution in [2.24, 2.45) is 22.7 Å². The first-order chi connectivity index (χ1) is 18.4. The van der Waals surface area contributed by atoms with Gasteiger partial charge in [-0.25, -0.2) is 9.18 Å². The second-order valence-electron chi connectivity index (χ2n) is 13.3. The van der Waals surface area contributed by atoms with Gasteiger partial charge in [0.1, 0.15) is 5.82 Å². The summed E-state index contributed by atoms with van der Waals surface area (Å²) in [6.07, 6.45) is 7.39. The van der Waals surface area contributed by atoms with E-state index in [4.69, 9.17) is 10.2 Å². The normalized spacial score (nSPS) is 31.8. The van der Waals surface area contributed by atoms with E-state index in [0.29, 0.717) is 31.8 Å². The molecule has 4 saturated carbocycles. The molecule has 39 heavy (non-hydrogen) atoms. The molecule has 1 saturated heterocycles. The summed E-state index contributed by atoms with van der Waals surface area (Å²) in [6, 6.07) is 2.98. The van der Waals surface area contributed by atoms with Gasteiger partial charge in [0, 0.05) is 30.1 Å². The van der Waals surface area contributed by atoms with Crippen LogP contribution in [0.4, 0.5) is 14.9 Å². The first-order valence-corrected chi connectivity index (χ1v) is 14.1. The molecule has 5 N–H and O–H groups in total. The third kappa shape index (κ3) is 5.77. The Labute approximate surface area is 228 Å². The topological polar surface area (TPSA) is 131 Å². The third-order valence-electron chi connectivity index (χ3n) is 9.41. The van der Waals surface area contributed by atoms with Crippen LogP contribution in [0.1, 0.15) is 75.6 Å². The number of hydrogen-bond donors (Lipinski definition) is 5. The Bertz CT molecular complexity index is 1110. The highest BCUT2D eigenvalue weighted by Crippen LogP contribution is 2.66. The number of hydrogen-bond acceptors (Lipinski definition) is 5. The summed E-state index contributed by atoms with van der Waals surface area (Å²) >= 11 is 0. The van der Waals surface area contributed by atoms with E-state index in [-0.39, 0.29) is 58.6 Å². The molecule has 4 amide bonds. The number of benzene rings is 1. The van der Waals surface area contributed by atoms with Crippen molar-refractivity contribution in [3.05, 3.63) is 29.6 Å². The van der Waals surface area contributed by atoms with Crippen LogP contribution in [0.25, 0.3) is 0 Å². The van der Waals surface area contributed by atoms with Gasteiger partial charge in [-0.2, -0.15) is 0 Å². The lowest BCUT2D eigenvalue weighted by molar-refractivity contribution is -0.127. The number of nitrogens with zero attached hydrogens (tertiary/aromatic N) is 1. The van der Waals surface area contributed by atoms with Gasteiger partial charge in [0.05, 0.1) is 24.9 Å². The lowest BCUT2D eigenvalue weighted by Crippen LogP contribution is -2.65. The summed E-state index contributed by atoms with van der Waals surface area (Å²) in [5, 5.41) is 26.8. The number of anilines is 1. The van der Waals surface area contributed by atoms with Crippen molar-refractivity contribution >= 4 is 23.5 Å². The number of aliphatic hydroxyl groups excluding tert-OH is 2. The Morgan fingerprint density at radius 1 is 1.03 bits per heavy atom. The lowest BCUT2D eigenvalue weighted by atomic mass is 9.43. The summed E-state index contributed by atoms with van der Waals surface area (Å²) in [4.78, 5) is 39.9. The zero-order valence-corrected chi connectivity index (χ0v) is 22.9. The van der Waals surface area contributed by atoms with E-state index in [1.54, 1.807) is 4.90 Å². The van der Waals surface area contributed by atoms with Crippen molar-refractivity contribution in [2.75, 3.05) is 31.6 Å². The molecule has 5 fully saturated rings. The van der Waals surface area contributed by atoms with Crippen LogP contribution in [-0.2, 0) is 4.79 Å². The zero-order chi connectivity index (χ0) is 28.0. The molecule has 1 aromatic carbocycles. The fourth-order valence-electron chi connectivity index (χ4n) is 8.73. The van der Waals surface area contributed by atoms with Crippen LogP contribution in [0.2, 0.25) is 0 Å². The lowest BCUT2D eigenvalue weighted by Gasteiger charge is -2.65. The standard InChI is InChI=1S/C29H41FN4O5/c1-27-10-18-11-28(2,15-27)17-29(12-18,16-27)33-26(39)32-23-4-3-20(9-22(23)30)25(38)34-7-5-19(6-8-34)24(37)31-21(13-35)14-36/h3-4,9,18-19,21,35-36H,5-8,10-17H2,1-2H3,(H,31,37)(H2,32,33,39)/t18?,27-,28+,29?. The van der Waals surface area contributed by atoms with Crippen molar-refractivity contribution in [2.45, 2.75) is 76.8 Å². The van der Waals surface area contributed by atoms with Crippen molar-refractivity contribution in [1.82, 2.24) is 15.5 Å². The average molecular weight is 545 g/mol. The molecule has 1 heterocycles.